The molecular formula is C11H15N2+. The van der Waals surface area contributed by atoms with Gasteiger partial charge in [-0.05, 0) is 0 Å². The number of nitriles is 1. The predicted octanol–water partition coefficient (Wildman–Crippen LogP) is 1.79. The number of hydrogen-bond acceptors (Lipinski definition) is 1. The molecular weight excluding hydrogens is 160 g/mol. The second kappa shape index (κ2) is 4.06. The van der Waals surface area contributed by atoms with Crippen molar-refractivity contribution >= 4 is 0 Å². The molecule has 0 aliphatic heterocycles. The first-order valence-corrected chi connectivity index (χ1v) is 4.37. The fraction of sp³-hybridized carbons (Fsp3) is 0.364. The first-order valence-electron chi connectivity index (χ1n) is 4.37. The summed E-state index contributed by atoms with van der Waals surface area (Å²) in [7, 11) is 4.13. The molecule has 0 aliphatic rings. The lowest BCUT2D eigenvalue weighted by molar-refractivity contribution is -0.896. The molecule has 68 valence electrons. The molecule has 0 saturated heterocycles. The summed E-state index contributed by atoms with van der Waals surface area (Å²) >= 11 is 0. The third kappa shape index (κ3) is 3.27. The molecule has 1 aromatic carbocycles. The third-order valence-corrected chi connectivity index (χ3v) is 1.95. The summed E-state index contributed by atoms with van der Waals surface area (Å²) in [6.45, 7) is 1.46. The van der Waals surface area contributed by atoms with Gasteiger partial charge in [0.25, 0.3) is 0 Å². The predicted molar refractivity (Wildman–Crippen MR) is 52.7 cm³/mol. The molecule has 0 atom stereocenters. The highest BCUT2D eigenvalue weighted by Gasteiger charge is 2.14. The van der Waals surface area contributed by atoms with Crippen molar-refractivity contribution in [3.05, 3.63) is 35.9 Å². The lowest BCUT2D eigenvalue weighted by Gasteiger charge is -2.26. The fourth-order valence-corrected chi connectivity index (χ4v) is 1.32. The van der Waals surface area contributed by atoms with E-state index in [0.29, 0.717) is 6.54 Å². The first kappa shape index (κ1) is 9.76. The molecule has 0 saturated carbocycles. The smallest absolute Gasteiger partial charge is 0.166 e. The summed E-state index contributed by atoms with van der Waals surface area (Å²) in [5, 5.41) is 8.61. The molecule has 0 amide bonds. The van der Waals surface area contributed by atoms with Crippen molar-refractivity contribution in [3.63, 3.8) is 0 Å². The Hall–Kier alpha value is -1.33. The van der Waals surface area contributed by atoms with Gasteiger partial charge in [0.15, 0.2) is 6.54 Å². The molecule has 0 fully saturated rings. The Kier molecular flexibility index (Phi) is 3.05. The molecule has 0 spiro atoms. The van der Waals surface area contributed by atoms with E-state index in [9.17, 15) is 0 Å². The van der Waals surface area contributed by atoms with Crippen LogP contribution >= 0.6 is 0 Å². The lowest BCUT2D eigenvalue weighted by atomic mass is 10.2. The zero-order chi connectivity index (χ0) is 9.73. The van der Waals surface area contributed by atoms with E-state index in [4.69, 9.17) is 5.26 Å². The van der Waals surface area contributed by atoms with Crippen LogP contribution in [0.5, 0.6) is 0 Å². The SMILES string of the molecule is C[N+](C)(CC#N)Cc1ccccc1. The highest BCUT2D eigenvalue weighted by Crippen LogP contribution is 2.07. The van der Waals surface area contributed by atoms with Crippen LogP contribution in [0.25, 0.3) is 0 Å². The van der Waals surface area contributed by atoms with E-state index >= 15 is 0 Å². The average molecular weight is 175 g/mol. The minimum absolute atomic E-state index is 0.550. The number of benzene rings is 1. The van der Waals surface area contributed by atoms with Gasteiger partial charge in [-0.3, -0.25) is 0 Å². The minimum Gasteiger partial charge on any atom is -0.313 e. The average Bonchev–Trinajstić information content (AvgIpc) is 2.04. The second-order valence-electron chi connectivity index (χ2n) is 3.90. The number of quaternary nitrogens is 1. The van der Waals surface area contributed by atoms with Crippen molar-refractivity contribution in [2.45, 2.75) is 6.54 Å². The minimum atomic E-state index is 0.550. The highest BCUT2D eigenvalue weighted by atomic mass is 15.3. The quantitative estimate of drug-likeness (QED) is 0.507. The van der Waals surface area contributed by atoms with E-state index in [-0.39, 0.29) is 0 Å². The van der Waals surface area contributed by atoms with Gasteiger partial charge in [-0.25, -0.2) is 0 Å². The summed E-state index contributed by atoms with van der Waals surface area (Å²) in [6.07, 6.45) is 0. The second-order valence-corrected chi connectivity index (χ2v) is 3.90. The van der Waals surface area contributed by atoms with Crippen molar-refractivity contribution in [3.8, 4) is 6.07 Å². The van der Waals surface area contributed by atoms with Gasteiger partial charge in [0, 0.05) is 5.56 Å². The van der Waals surface area contributed by atoms with Crippen LogP contribution in [0.4, 0.5) is 0 Å². The summed E-state index contributed by atoms with van der Waals surface area (Å²) < 4.78 is 0.723. The van der Waals surface area contributed by atoms with Crippen molar-refractivity contribution < 1.29 is 4.48 Å². The van der Waals surface area contributed by atoms with Gasteiger partial charge in [-0.1, -0.05) is 30.3 Å². The maximum Gasteiger partial charge on any atom is 0.166 e. The van der Waals surface area contributed by atoms with E-state index < -0.39 is 0 Å². The largest absolute Gasteiger partial charge is 0.313 e. The Balaban J connectivity index is 2.65. The van der Waals surface area contributed by atoms with E-state index in [2.05, 4.69) is 32.3 Å². The van der Waals surface area contributed by atoms with Crippen LogP contribution in [0.1, 0.15) is 5.56 Å². The highest BCUT2D eigenvalue weighted by molar-refractivity contribution is 5.13. The number of rotatable bonds is 3. The zero-order valence-corrected chi connectivity index (χ0v) is 8.20. The van der Waals surface area contributed by atoms with Crippen molar-refractivity contribution in [2.75, 3.05) is 20.6 Å². The summed E-state index contributed by atoms with van der Waals surface area (Å²) in [5.41, 5.74) is 1.28. The monoisotopic (exact) mass is 175 g/mol. The molecule has 0 aliphatic carbocycles. The Morgan fingerprint density at radius 1 is 1.23 bits per heavy atom. The van der Waals surface area contributed by atoms with Crippen LogP contribution in [-0.2, 0) is 6.54 Å². The Bertz CT molecular complexity index is 296. The molecule has 1 aromatic rings. The standard InChI is InChI=1S/C11H15N2/c1-13(2,9-8-12)10-11-6-4-3-5-7-11/h3-7H,9-10H2,1-2H3/q+1. The van der Waals surface area contributed by atoms with Crippen molar-refractivity contribution in [1.29, 1.82) is 5.26 Å². The normalized spacial score (nSPS) is 10.8. The molecule has 2 heteroatoms. The van der Waals surface area contributed by atoms with Crippen LogP contribution in [-0.4, -0.2) is 25.1 Å². The molecule has 0 radical (unpaired) electrons. The van der Waals surface area contributed by atoms with Gasteiger partial charge < -0.3 is 4.48 Å². The third-order valence-electron chi connectivity index (χ3n) is 1.95. The Labute approximate surface area is 79.6 Å². The number of nitrogens with zero attached hydrogens (tertiary/aromatic N) is 2. The maximum atomic E-state index is 8.61. The first-order chi connectivity index (χ1) is 6.14. The molecule has 0 heterocycles. The number of hydrogen-bond donors (Lipinski definition) is 0. The molecule has 0 aromatic heterocycles. The van der Waals surface area contributed by atoms with Crippen molar-refractivity contribution in [2.24, 2.45) is 0 Å². The van der Waals surface area contributed by atoms with Crippen LogP contribution in [0.3, 0.4) is 0 Å². The molecule has 0 bridgehead atoms. The lowest BCUT2D eigenvalue weighted by Crippen LogP contribution is -2.38. The molecule has 13 heavy (non-hydrogen) atoms. The molecule has 1 rings (SSSR count). The van der Waals surface area contributed by atoms with Gasteiger partial charge in [-0.2, -0.15) is 5.26 Å². The van der Waals surface area contributed by atoms with Gasteiger partial charge >= 0.3 is 0 Å². The van der Waals surface area contributed by atoms with Crippen LogP contribution in [0.15, 0.2) is 30.3 Å². The van der Waals surface area contributed by atoms with Crippen LogP contribution in [0.2, 0.25) is 0 Å². The van der Waals surface area contributed by atoms with Gasteiger partial charge in [-0.15, -0.1) is 0 Å². The van der Waals surface area contributed by atoms with E-state index in [1.165, 1.54) is 5.56 Å². The fourth-order valence-electron chi connectivity index (χ4n) is 1.32. The topological polar surface area (TPSA) is 23.8 Å². The van der Waals surface area contributed by atoms with Gasteiger partial charge in [0.05, 0.1) is 14.1 Å². The van der Waals surface area contributed by atoms with E-state index in [1.54, 1.807) is 0 Å². The van der Waals surface area contributed by atoms with Crippen molar-refractivity contribution in [1.82, 2.24) is 0 Å². The maximum absolute atomic E-state index is 8.61. The summed E-state index contributed by atoms with van der Waals surface area (Å²) in [5.74, 6) is 0. The van der Waals surface area contributed by atoms with Gasteiger partial charge in [0.2, 0.25) is 0 Å². The van der Waals surface area contributed by atoms with E-state index in [0.717, 1.165) is 11.0 Å². The summed E-state index contributed by atoms with van der Waals surface area (Å²) in [4.78, 5) is 0. The Morgan fingerprint density at radius 2 is 1.85 bits per heavy atom. The zero-order valence-electron chi connectivity index (χ0n) is 8.20. The summed E-state index contributed by atoms with van der Waals surface area (Å²) in [6, 6.07) is 12.5. The molecule has 0 N–H and O–H groups in total. The Morgan fingerprint density at radius 3 is 2.38 bits per heavy atom. The molecule has 0 unspecified atom stereocenters. The van der Waals surface area contributed by atoms with Gasteiger partial charge in [0.1, 0.15) is 12.6 Å². The molecule has 2 nitrogen and oxygen atoms in total. The van der Waals surface area contributed by atoms with E-state index in [1.807, 2.05) is 18.2 Å². The van der Waals surface area contributed by atoms with Crippen LogP contribution < -0.4 is 0 Å². The van der Waals surface area contributed by atoms with Crippen LogP contribution in [0, 0.1) is 11.3 Å².